The number of halogens is 1. The fraction of sp³-hybridized carbons (Fsp3) is 0.208. The molecule has 1 fully saturated rings. The van der Waals surface area contributed by atoms with Gasteiger partial charge in [-0.3, -0.25) is 9.59 Å². The lowest BCUT2D eigenvalue weighted by Gasteiger charge is -2.35. The molecule has 3 aromatic rings. The van der Waals surface area contributed by atoms with E-state index in [0.717, 1.165) is 10.3 Å². The third kappa shape index (κ3) is 5.45. The maximum Gasteiger partial charge on any atom is 0.262 e. The molecule has 2 aromatic carbocycles. The van der Waals surface area contributed by atoms with Gasteiger partial charge in [-0.1, -0.05) is 34.1 Å². The van der Waals surface area contributed by atoms with Gasteiger partial charge < -0.3 is 19.9 Å². The van der Waals surface area contributed by atoms with Crippen LogP contribution in [0.2, 0.25) is 0 Å². The fourth-order valence-corrected chi connectivity index (χ4v) is 3.76. The average molecular weight is 495 g/mol. The molecule has 164 valence electrons. The number of anilines is 2. The molecular weight excluding hydrogens is 472 g/mol. The van der Waals surface area contributed by atoms with Gasteiger partial charge in [0, 0.05) is 42.5 Å². The molecule has 0 unspecified atom stereocenters. The second kappa shape index (κ2) is 10.3. The summed E-state index contributed by atoms with van der Waals surface area (Å²) in [5.41, 5.74) is 1.13. The molecule has 0 bridgehead atoms. The van der Waals surface area contributed by atoms with Crippen molar-refractivity contribution in [3.05, 3.63) is 83.0 Å². The quantitative estimate of drug-likeness (QED) is 0.563. The first-order chi connectivity index (χ1) is 15.6. The fourth-order valence-electron chi connectivity index (χ4n) is 3.49. The lowest BCUT2D eigenvalue weighted by Crippen LogP contribution is -2.49. The van der Waals surface area contributed by atoms with Crippen LogP contribution in [0.3, 0.4) is 0 Å². The van der Waals surface area contributed by atoms with Crippen molar-refractivity contribution in [2.24, 2.45) is 0 Å². The number of hydrogen-bond acceptors (Lipinski definition) is 5. The van der Waals surface area contributed by atoms with E-state index in [0.29, 0.717) is 43.2 Å². The summed E-state index contributed by atoms with van der Waals surface area (Å²) in [4.78, 5) is 33.8. The maximum atomic E-state index is 13.1. The van der Waals surface area contributed by atoms with Gasteiger partial charge in [0.25, 0.3) is 11.8 Å². The van der Waals surface area contributed by atoms with Crippen LogP contribution in [0.5, 0.6) is 5.75 Å². The standard InChI is InChI=1S/C24H23BrN4O3/c25-18-8-10-19(11-9-18)27-23(30)17-32-21-6-2-1-5-20(21)24(31)29-15-13-28(14-16-29)22-7-3-4-12-26-22/h1-12H,13-17H2,(H,27,30). The zero-order valence-electron chi connectivity index (χ0n) is 17.4. The molecule has 32 heavy (non-hydrogen) atoms. The highest BCUT2D eigenvalue weighted by Crippen LogP contribution is 2.22. The smallest absolute Gasteiger partial charge is 0.262 e. The van der Waals surface area contributed by atoms with Crippen LogP contribution in [0.15, 0.2) is 77.4 Å². The van der Waals surface area contributed by atoms with Crippen molar-refractivity contribution < 1.29 is 14.3 Å². The van der Waals surface area contributed by atoms with Gasteiger partial charge in [0.05, 0.1) is 5.56 Å². The summed E-state index contributed by atoms with van der Waals surface area (Å²) in [7, 11) is 0. The van der Waals surface area contributed by atoms with E-state index in [2.05, 4.69) is 31.1 Å². The molecule has 2 heterocycles. The van der Waals surface area contributed by atoms with Crippen LogP contribution >= 0.6 is 15.9 Å². The van der Waals surface area contributed by atoms with Crippen molar-refractivity contribution in [2.45, 2.75) is 0 Å². The van der Waals surface area contributed by atoms with Crippen LogP contribution in [0.1, 0.15) is 10.4 Å². The van der Waals surface area contributed by atoms with Crippen molar-refractivity contribution in [3.63, 3.8) is 0 Å². The number of carbonyl (C=O) groups excluding carboxylic acids is 2. The first-order valence-electron chi connectivity index (χ1n) is 10.3. The molecule has 1 aromatic heterocycles. The second-order valence-electron chi connectivity index (χ2n) is 7.31. The molecular formula is C24H23BrN4O3. The number of carbonyl (C=O) groups is 2. The van der Waals surface area contributed by atoms with Crippen molar-refractivity contribution in [1.82, 2.24) is 9.88 Å². The molecule has 8 heteroatoms. The Morgan fingerprint density at radius 3 is 2.38 bits per heavy atom. The number of hydrogen-bond donors (Lipinski definition) is 1. The zero-order valence-corrected chi connectivity index (χ0v) is 19.0. The van der Waals surface area contributed by atoms with E-state index in [1.807, 2.05) is 35.2 Å². The van der Waals surface area contributed by atoms with E-state index >= 15 is 0 Å². The topological polar surface area (TPSA) is 74.8 Å². The Kier molecular flexibility index (Phi) is 7.01. The van der Waals surface area contributed by atoms with Gasteiger partial charge in [0.1, 0.15) is 11.6 Å². The normalized spacial score (nSPS) is 13.5. The monoisotopic (exact) mass is 494 g/mol. The Bertz CT molecular complexity index is 1070. The Morgan fingerprint density at radius 2 is 1.66 bits per heavy atom. The highest BCUT2D eigenvalue weighted by atomic mass is 79.9. The first kappa shape index (κ1) is 21.8. The van der Waals surface area contributed by atoms with Crippen LogP contribution in [-0.2, 0) is 4.79 Å². The summed E-state index contributed by atoms with van der Waals surface area (Å²) in [5, 5.41) is 2.78. The van der Waals surface area contributed by atoms with Gasteiger partial charge in [-0.2, -0.15) is 0 Å². The summed E-state index contributed by atoms with van der Waals surface area (Å²) in [5.74, 6) is 0.920. The summed E-state index contributed by atoms with van der Waals surface area (Å²) < 4.78 is 6.64. The largest absolute Gasteiger partial charge is 0.483 e. The highest BCUT2D eigenvalue weighted by Gasteiger charge is 2.25. The SMILES string of the molecule is O=C(COc1ccccc1C(=O)N1CCN(c2ccccn2)CC1)Nc1ccc(Br)cc1. The Balaban J connectivity index is 1.35. The van der Waals surface area contributed by atoms with Gasteiger partial charge in [0.2, 0.25) is 0 Å². The number of piperazine rings is 1. The minimum atomic E-state index is -0.293. The third-order valence-corrected chi connectivity index (χ3v) is 5.67. The molecule has 0 radical (unpaired) electrons. The number of aromatic nitrogens is 1. The van der Waals surface area contributed by atoms with Crippen molar-refractivity contribution in [3.8, 4) is 5.75 Å². The Labute approximate surface area is 195 Å². The molecule has 1 saturated heterocycles. The molecule has 0 saturated carbocycles. The van der Waals surface area contributed by atoms with Gasteiger partial charge in [-0.05, 0) is 48.5 Å². The number of nitrogens with one attached hydrogen (secondary N) is 1. The van der Waals surface area contributed by atoms with E-state index in [4.69, 9.17) is 4.74 Å². The van der Waals surface area contributed by atoms with E-state index in [-0.39, 0.29) is 18.4 Å². The second-order valence-corrected chi connectivity index (χ2v) is 8.22. The molecule has 0 spiro atoms. The number of rotatable bonds is 6. The van der Waals surface area contributed by atoms with E-state index in [1.54, 1.807) is 42.6 Å². The van der Waals surface area contributed by atoms with Crippen LogP contribution in [0.4, 0.5) is 11.5 Å². The summed E-state index contributed by atoms with van der Waals surface area (Å²) in [6, 6.07) is 20.1. The molecule has 2 amide bonds. The lowest BCUT2D eigenvalue weighted by atomic mass is 10.1. The van der Waals surface area contributed by atoms with Gasteiger partial charge in [-0.25, -0.2) is 4.98 Å². The molecule has 1 aliphatic rings. The lowest BCUT2D eigenvalue weighted by molar-refractivity contribution is -0.118. The van der Waals surface area contributed by atoms with E-state index < -0.39 is 0 Å². The summed E-state index contributed by atoms with van der Waals surface area (Å²) in [6.07, 6.45) is 1.77. The third-order valence-electron chi connectivity index (χ3n) is 5.14. The number of pyridine rings is 1. The van der Waals surface area contributed by atoms with Crippen molar-refractivity contribution >= 4 is 39.2 Å². The molecule has 7 nitrogen and oxygen atoms in total. The predicted molar refractivity (Wildman–Crippen MR) is 127 cm³/mol. The molecule has 0 aliphatic carbocycles. The summed E-state index contributed by atoms with van der Waals surface area (Å²) in [6.45, 7) is 2.41. The number of amides is 2. The van der Waals surface area contributed by atoms with E-state index in [1.165, 1.54) is 0 Å². The van der Waals surface area contributed by atoms with E-state index in [9.17, 15) is 9.59 Å². The zero-order chi connectivity index (χ0) is 22.3. The van der Waals surface area contributed by atoms with Gasteiger partial charge >= 0.3 is 0 Å². The minimum absolute atomic E-state index is 0.102. The number of nitrogens with zero attached hydrogens (tertiary/aromatic N) is 3. The van der Waals surface area contributed by atoms with Crippen LogP contribution in [-0.4, -0.2) is 54.5 Å². The molecule has 1 N–H and O–H groups in total. The molecule has 4 rings (SSSR count). The van der Waals surface area contributed by atoms with Crippen molar-refractivity contribution in [1.29, 1.82) is 0 Å². The van der Waals surface area contributed by atoms with Gasteiger partial charge in [0.15, 0.2) is 6.61 Å². The van der Waals surface area contributed by atoms with Crippen LogP contribution in [0.25, 0.3) is 0 Å². The minimum Gasteiger partial charge on any atom is -0.483 e. The van der Waals surface area contributed by atoms with Crippen LogP contribution < -0.4 is 15.0 Å². The van der Waals surface area contributed by atoms with Crippen molar-refractivity contribution in [2.75, 3.05) is 43.0 Å². The maximum absolute atomic E-state index is 13.1. The number of para-hydroxylation sites is 1. The predicted octanol–water partition coefficient (Wildman–Crippen LogP) is 3.82. The molecule has 1 aliphatic heterocycles. The average Bonchev–Trinajstić information content (AvgIpc) is 2.84. The molecule has 0 atom stereocenters. The number of benzene rings is 2. The summed E-state index contributed by atoms with van der Waals surface area (Å²) >= 11 is 3.36. The first-order valence-corrected chi connectivity index (χ1v) is 11.1. The highest BCUT2D eigenvalue weighted by molar-refractivity contribution is 9.10. The Hall–Kier alpha value is -3.39. The van der Waals surface area contributed by atoms with Gasteiger partial charge in [-0.15, -0.1) is 0 Å². The van der Waals surface area contributed by atoms with Crippen LogP contribution in [0, 0.1) is 0 Å². The number of ether oxygens (including phenoxy) is 1. The Morgan fingerprint density at radius 1 is 0.938 bits per heavy atom.